The summed E-state index contributed by atoms with van der Waals surface area (Å²) in [6, 6.07) is 15.0. The molecule has 2 heterocycles. The van der Waals surface area contributed by atoms with Gasteiger partial charge in [0.25, 0.3) is 5.91 Å². The highest BCUT2D eigenvalue weighted by Crippen LogP contribution is 2.28. The first kappa shape index (κ1) is 29.2. The van der Waals surface area contributed by atoms with Crippen LogP contribution < -0.4 is 16.0 Å². The molecule has 10 nitrogen and oxygen atoms in total. The Morgan fingerprint density at radius 3 is 2.10 bits per heavy atom. The molecule has 0 bridgehead atoms. The van der Waals surface area contributed by atoms with Crippen LogP contribution in [-0.4, -0.2) is 91.2 Å². The Morgan fingerprint density at radius 2 is 1.59 bits per heavy atom. The number of aromatic nitrogens is 1. The van der Waals surface area contributed by atoms with Crippen molar-refractivity contribution < 1.29 is 32.7 Å². The molecule has 3 aromatic rings. The lowest BCUT2D eigenvalue weighted by Crippen LogP contribution is -2.44. The number of primary amides is 1. The maximum absolute atomic E-state index is 12.8. The van der Waals surface area contributed by atoms with E-state index in [1.54, 1.807) is 32.3 Å². The largest absolute Gasteiger partial charge is 0.490 e. The molecule has 39 heavy (non-hydrogen) atoms. The Bertz CT molecular complexity index is 1350. The molecule has 0 radical (unpaired) electrons. The van der Waals surface area contributed by atoms with Crippen molar-refractivity contribution in [2.45, 2.75) is 6.18 Å². The third kappa shape index (κ3) is 7.57. The molecule has 4 rings (SSSR count). The van der Waals surface area contributed by atoms with Crippen LogP contribution in [0.1, 0.15) is 20.8 Å². The van der Waals surface area contributed by atoms with Gasteiger partial charge in [-0.1, -0.05) is 0 Å². The van der Waals surface area contributed by atoms with Gasteiger partial charge in [-0.2, -0.15) is 13.2 Å². The number of alkyl halides is 3. The monoisotopic (exact) mass is 546 g/mol. The van der Waals surface area contributed by atoms with Crippen molar-refractivity contribution >= 4 is 45.7 Å². The number of carboxylic acids is 1. The van der Waals surface area contributed by atoms with Gasteiger partial charge in [0.05, 0.1) is 11.2 Å². The molecule has 0 spiro atoms. The van der Waals surface area contributed by atoms with Crippen molar-refractivity contribution in [2.75, 3.05) is 57.5 Å². The molecule has 208 valence electrons. The fourth-order valence-electron chi connectivity index (χ4n) is 3.78. The van der Waals surface area contributed by atoms with Crippen molar-refractivity contribution in [1.29, 1.82) is 0 Å². The standard InChI is InChI=1S/C24H28N6O2.C2HF3O2/c1-28(2)24(32)22-21(15-17-14-16(23(25)31)4-9-20(17)27-22)26-18-5-7-19(8-6-18)30-12-10-29(3)11-13-30;3-2(4,5)1(6)7/h4-9,14-15,26H,10-13H2,1-3H3,(H2,25,31);(H,6,7). The number of hydrogen-bond donors (Lipinski definition) is 3. The van der Waals surface area contributed by atoms with Gasteiger partial charge >= 0.3 is 12.1 Å². The van der Waals surface area contributed by atoms with E-state index in [2.05, 4.69) is 39.3 Å². The summed E-state index contributed by atoms with van der Waals surface area (Å²) in [5, 5.41) is 11.2. The maximum atomic E-state index is 12.8. The summed E-state index contributed by atoms with van der Waals surface area (Å²) in [5.74, 6) is -3.47. The summed E-state index contributed by atoms with van der Waals surface area (Å²) in [6.45, 7) is 4.10. The lowest BCUT2D eigenvalue weighted by atomic mass is 10.1. The first-order valence-electron chi connectivity index (χ1n) is 11.8. The lowest BCUT2D eigenvalue weighted by Gasteiger charge is -2.34. The van der Waals surface area contributed by atoms with Crippen LogP contribution in [0.5, 0.6) is 0 Å². The van der Waals surface area contributed by atoms with Crippen LogP contribution in [0.2, 0.25) is 0 Å². The topological polar surface area (TPSA) is 132 Å². The van der Waals surface area contributed by atoms with E-state index < -0.39 is 18.1 Å². The van der Waals surface area contributed by atoms with Crippen LogP contribution in [0.15, 0.2) is 48.5 Å². The normalized spacial score (nSPS) is 13.8. The van der Waals surface area contributed by atoms with E-state index >= 15 is 0 Å². The van der Waals surface area contributed by atoms with E-state index in [0.29, 0.717) is 22.5 Å². The number of likely N-dealkylation sites (N-methyl/N-ethyl adjacent to an activating group) is 1. The highest BCUT2D eigenvalue weighted by molar-refractivity contribution is 6.03. The van der Waals surface area contributed by atoms with Gasteiger partial charge in [-0.3, -0.25) is 9.59 Å². The molecule has 2 amide bonds. The highest BCUT2D eigenvalue weighted by atomic mass is 19.4. The second-order valence-corrected chi connectivity index (χ2v) is 9.12. The van der Waals surface area contributed by atoms with E-state index in [9.17, 15) is 22.8 Å². The Labute approximate surface area is 222 Å². The molecule has 1 saturated heterocycles. The number of fused-ring (bicyclic) bond motifs is 1. The van der Waals surface area contributed by atoms with Crippen molar-refractivity contribution in [2.24, 2.45) is 5.73 Å². The number of halogens is 3. The third-order valence-corrected chi connectivity index (χ3v) is 5.97. The first-order chi connectivity index (χ1) is 18.3. The van der Waals surface area contributed by atoms with Crippen LogP contribution >= 0.6 is 0 Å². The van der Waals surface area contributed by atoms with E-state index in [1.165, 1.54) is 10.6 Å². The highest BCUT2D eigenvalue weighted by Gasteiger charge is 2.38. The number of carbonyl (C=O) groups is 3. The number of benzene rings is 2. The van der Waals surface area contributed by atoms with Gasteiger partial charge in [0, 0.05) is 62.6 Å². The zero-order chi connectivity index (χ0) is 28.9. The van der Waals surface area contributed by atoms with Crippen LogP contribution in [0.4, 0.5) is 30.2 Å². The van der Waals surface area contributed by atoms with Crippen LogP contribution in [0.25, 0.3) is 10.9 Å². The summed E-state index contributed by atoms with van der Waals surface area (Å²) in [4.78, 5) is 44.0. The van der Waals surface area contributed by atoms with E-state index in [0.717, 1.165) is 37.3 Å². The smallest absolute Gasteiger partial charge is 0.475 e. The van der Waals surface area contributed by atoms with Gasteiger partial charge in [-0.15, -0.1) is 0 Å². The number of hydrogen-bond acceptors (Lipinski definition) is 7. The molecule has 4 N–H and O–H groups in total. The quantitative estimate of drug-likeness (QED) is 0.445. The maximum Gasteiger partial charge on any atom is 0.490 e. The summed E-state index contributed by atoms with van der Waals surface area (Å²) in [5.41, 5.74) is 9.36. The minimum atomic E-state index is -5.08. The molecule has 13 heteroatoms. The fourth-order valence-corrected chi connectivity index (χ4v) is 3.78. The van der Waals surface area contributed by atoms with Crippen molar-refractivity contribution in [3.8, 4) is 0 Å². The molecular weight excluding hydrogens is 517 g/mol. The number of pyridine rings is 1. The summed E-state index contributed by atoms with van der Waals surface area (Å²) >= 11 is 0. The van der Waals surface area contributed by atoms with Gasteiger partial charge in [0.1, 0.15) is 0 Å². The average Bonchev–Trinajstić information content (AvgIpc) is 2.88. The number of anilines is 3. The molecule has 1 fully saturated rings. The van der Waals surface area contributed by atoms with Gasteiger partial charge in [0.2, 0.25) is 5.91 Å². The first-order valence-corrected chi connectivity index (χ1v) is 11.8. The number of nitrogens with two attached hydrogens (primary N) is 1. The molecular formula is C26H29F3N6O4. The Hall–Kier alpha value is -4.39. The predicted molar refractivity (Wildman–Crippen MR) is 141 cm³/mol. The molecule has 0 unspecified atom stereocenters. The van der Waals surface area contributed by atoms with Crippen molar-refractivity contribution in [1.82, 2.24) is 14.8 Å². The lowest BCUT2D eigenvalue weighted by molar-refractivity contribution is -0.192. The predicted octanol–water partition coefficient (Wildman–Crippen LogP) is 3.16. The second-order valence-electron chi connectivity index (χ2n) is 9.12. The number of aliphatic carboxylic acids is 1. The fraction of sp³-hybridized carbons (Fsp3) is 0.308. The zero-order valence-corrected chi connectivity index (χ0v) is 21.6. The number of nitrogens with zero attached hydrogens (tertiary/aromatic N) is 4. The number of nitrogens with one attached hydrogen (secondary N) is 1. The number of carbonyl (C=O) groups excluding carboxylic acids is 2. The van der Waals surface area contributed by atoms with E-state index in [-0.39, 0.29) is 5.91 Å². The molecule has 1 aliphatic heterocycles. The second kappa shape index (κ2) is 12.0. The van der Waals surface area contributed by atoms with Gasteiger partial charge in [0.15, 0.2) is 5.69 Å². The van der Waals surface area contributed by atoms with Crippen LogP contribution in [0, 0.1) is 0 Å². The summed E-state index contributed by atoms with van der Waals surface area (Å²) in [6.07, 6.45) is -5.08. The van der Waals surface area contributed by atoms with Gasteiger partial charge < -0.3 is 30.9 Å². The average molecular weight is 547 g/mol. The molecule has 1 aromatic heterocycles. The van der Waals surface area contributed by atoms with E-state index in [1.807, 2.05) is 18.2 Å². The molecule has 0 saturated carbocycles. The number of piperazine rings is 1. The van der Waals surface area contributed by atoms with Crippen LogP contribution in [-0.2, 0) is 4.79 Å². The number of carboxylic acid groups (broad SMARTS) is 1. The third-order valence-electron chi connectivity index (χ3n) is 5.97. The Kier molecular flexibility index (Phi) is 8.96. The minimum absolute atomic E-state index is 0.206. The summed E-state index contributed by atoms with van der Waals surface area (Å²) in [7, 11) is 5.53. The molecule has 2 aromatic carbocycles. The van der Waals surface area contributed by atoms with E-state index in [4.69, 9.17) is 15.6 Å². The van der Waals surface area contributed by atoms with Crippen LogP contribution in [0.3, 0.4) is 0 Å². The minimum Gasteiger partial charge on any atom is -0.475 e. The number of rotatable bonds is 5. The zero-order valence-electron chi connectivity index (χ0n) is 21.6. The number of amides is 2. The SMILES string of the molecule is CN1CCN(c2ccc(Nc3cc4cc(C(N)=O)ccc4nc3C(=O)N(C)C)cc2)CC1.O=C(O)C(F)(F)F. The van der Waals surface area contributed by atoms with Crippen molar-refractivity contribution in [3.63, 3.8) is 0 Å². The van der Waals surface area contributed by atoms with Crippen molar-refractivity contribution in [3.05, 3.63) is 59.8 Å². The van der Waals surface area contributed by atoms with Gasteiger partial charge in [-0.05, 0) is 55.6 Å². The Morgan fingerprint density at radius 1 is 1.00 bits per heavy atom. The molecule has 0 aliphatic carbocycles. The molecule has 0 atom stereocenters. The molecule has 1 aliphatic rings. The summed E-state index contributed by atoms with van der Waals surface area (Å²) < 4.78 is 31.7. The van der Waals surface area contributed by atoms with Gasteiger partial charge in [-0.25, -0.2) is 9.78 Å². The Balaban J connectivity index is 0.000000532.